The molecule has 0 saturated heterocycles. The molecule has 0 bridgehead atoms. The molecule has 0 radical (unpaired) electrons. The Morgan fingerprint density at radius 3 is 2.75 bits per heavy atom. The van der Waals surface area contributed by atoms with E-state index in [0.29, 0.717) is 17.8 Å². The number of rotatable bonds is 3. The molecule has 1 aromatic rings. The van der Waals surface area contributed by atoms with Gasteiger partial charge >= 0.3 is 0 Å². The Balaban J connectivity index is 1.87. The molecule has 16 heavy (non-hydrogen) atoms. The highest BCUT2D eigenvalue weighted by molar-refractivity contribution is 5.35. The lowest BCUT2D eigenvalue weighted by molar-refractivity contribution is 0.329. The maximum atomic E-state index is 5.62. The minimum Gasteiger partial charge on any atom is -0.384 e. The van der Waals surface area contributed by atoms with Crippen LogP contribution >= 0.6 is 0 Å². The zero-order valence-electron chi connectivity index (χ0n) is 9.82. The van der Waals surface area contributed by atoms with E-state index in [1.54, 1.807) is 12.3 Å². The molecule has 1 aliphatic carbocycles. The van der Waals surface area contributed by atoms with E-state index in [0.717, 1.165) is 5.92 Å². The van der Waals surface area contributed by atoms with Gasteiger partial charge in [-0.3, -0.25) is 0 Å². The van der Waals surface area contributed by atoms with Gasteiger partial charge in [0.05, 0.1) is 0 Å². The molecule has 0 unspecified atom stereocenters. The lowest BCUT2D eigenvalue weighted by Crippen LogP contribution is -2.26. The number of hydrogen-bond acceptors (Lipinski definition) is 4. The number of hydrogen-bond donors (Lipinski definition) is 2. The van der Waals surface area contributed by atoms with Crippen LogP contribution in [-0.2, 0) is 0 Å². The fraction of sp³-hybridized carbons (Fsp3) is 0.667. The fourth-order valence-electron chi connectivity index (χ4n) is 2.34. The summed E-state index contributed by atoms with van der Waals surface area (Å²) in [5.41, 5.74) is 5.62. The van der Waals surface area contributed by atoms with Gasteiger partial charge in [0.1, 0.15) is 5.82 Å². The summed E-state index contributed by atoms with van der Waals surface area (Å²) in [4.78, 5) is 8.33. The Morgan fingerprint density at radius 1 is 1.38 bits per heavy atom. The zero-order valence-corrected chi connectivity index (χ0v) is 9.82. The number of nitrogens with two attached hydrogens (primary N) is 1. The van der Waals surface area contributed by atoms with Crippen LogP contribution in [0.25, 0.3) is 0 Å². The largest absolute Gasteiger partial charge is 0.384 e. The van der Waals surface area contributed by atoms with Crippen molar-refractivity contribution in [2.24, 2.45) is 5.92 Å². The topological polar surface area (TPSA) is 63.8 Å². The Morgan fingerprint density at radius 2 is 2.12 bits per heavy atom. The maximum Gasteiger partial charge on any atom is 0.224 e. The van der Waals surface area contributed by atoms with Gasteiger partial charge in [-0.25, -0.2) is 4.98 Å². The molecule has 1 aliphatic rings. The third kappa shape index (κ3) is 2.84. The standard InChI is InChI=1S/C12H20N4/c1-2-9-3-5-10(6-4-9)15-12-14-8-7-11(13)16-12/h7-10H,2-6H2,1H3,(H3,13,14,15,16). The minimum absolute atomic E-state index is 0.518. The number of aromatic nitrogens is 2. The van der Waals surface area contributed by atoms with Gasteiger partial charge in [-0.2, -0.15) is 4.98 Å². The average Bonchev–Trinajstić information content (AvgIpc) is 2.30. The van der Waals surface area contributed by atoms with Gasteiger partial charge in [0, 0.05) is 12.2 Å². The first-order valence-electron chi connectivity index (χ1n) is 6.13. The summed E-state index contributed by atoms with van der Waals surface area (Å²) in [6, 6.07) is 2.23. The van der Waals surface area contributed by atoms with E-state index < -0.39 is 0 Å². The quantitative estimate of drug-likeness (QED) is 0.821. The summed E-state index contributed by atoms with van der Waals surface area (Å²) in [7, 11) is 0. The highest BCUT2D eigenvalue weighted by atomic mass is 15.1. The Bertz CT molecular complexity index is 332. The smallest absolute Gasteiger partial charge is 0.224 e. The second-order valence-electron chi connectivity index (χ2n) is 4.58. The first-order valence-corrected chi connectivity index (χ1v) is 6.13. The summed E-state index contributed by atoms with van der Waals surface area (Å²) in [6.45, 7) is 2.28. The minimum atomic E-state index is 0.518. The molecule has 2 rings (SSSR count). The van der Waals surface area contributed by atoms with Gasteiger partial charge in [0.2, 0.25) is 5.95 Å². The van der Waals surface area contributed by atoms with E-state index in [-0.39, 0.29) is 0 Å². The summed E-state index contributed by atoms with van der Waals surface area (Å²) in [5.74, 6) is 2.11. The Kier molecular flexibility index (Phi) is 3.59. The van der Waals surface area contributed by atoms with Crippen molar-refractivity contribution in [3.05, 3.63) is 12.3 Å². The Labute approximate surface area is 96.7 Å². The molecular formula is C12H20N4. The van der Waals surface area contributed by atoms with E-state index in [9.17, 15) is 0 Å². The molecule has 1 heterocycles. The van der Waals surface area contributed by atoms with Gasteiger partial charge < -0.3 is 11.1 Å². The van der Waals surface area contributed by atoms with Crippen LogP contribution in [0, 0.1) is 5.92 Å². The van der Waals surface area contributed by atoms with E-state index in [1.165, 1.54) is 32.1 Å². The van der Waals surface area contributed by atoms with Gasteiger partial charge in [-0.1, -0.05) is 13.3 Å². The predicted octanol–water partition coefficient (Wildman–Crippen LogP) is 2.44. The highest BCUT2D eigenvalue weighted by Crippen LogP contribution is 2.27. The molecule has 0 amide bonds. The molecular weight excluding hydrogens is 200 g/mol. The number of anilines is 2. The zero-order chi connectivity index (χ0) is 11.4. The molecule has 0 atom stereocenters. The maximum absolute atomic E-state index is 5.62. The van der Waals surface area contributed by atoms with Crippen LogP contribution in [0.2, 0.25) is 0 Å². The summed E-state index contributed by atoms with van der Waals surface area (Å²) < 4.78 is 0. The predicted molar refractivity (Wildman–Crippen MR) is 66.1 cm³/mol. The van der Waals surface area contributed by atoms with Gasteiger partial charge in [0.15, 0.2) is 0 Å². The molecule has 0 aromatic carbocycles. The van der Waals surface area contributed by atoms with Crippen molar-refractivity contribution in [2.75, 3.05) is 11.1 Å². The third-order valence-corrected chi connectivity index (χ3v) is 3.43. The van der Waals surface area contributed by atoms with Crippen molar-refractivity contribution in [3.63, 3.8) is 0 Å². The number of nitrogens with zero attached hydrogens (tertiary/aromatic N) is 2. The molecule has 1 fully saturated rings. The van der Waals surface area contributed by atoms with E-state index in [1.807, 2.05) is 0 Å². The first-order chi connectivity index (χ1) is 7.78. The SMILES string of the molecule is CCC1CCC(Nc2nccc(N)n2)CC1. The Hall–Kier alpha value is -1.32. The summed E-state index contributed by atoms with van der Waals surface area (Å²) in [6.07, 6.45) is 8.07. The molecule has 4 nitrogen and oxygen atoms in total. The van der Waals surface area contributed by atoms with Crippen LogP contribution < -0.4 is 11.1 Å². The van der Waals surface area contributed by atoms with Crippen LogP contribution in [0.3, 0.4) is 0 Å². The van der Waals surface area contributed by atoms with Crippen molar-refractivity contribution in [1.29, 1.82) is 0 Å². The highest BCUT2D eigenvalue weighted by Gasteiger charge is 2.20. The monoisotopic (exact) mass is 220 g/mol. The summed E-state index contributed by atoms with van der Waals surface area (Å²) >= 11 is 0. The van der Waals surface area contributed by atoms with Gasteiger partial charge in [-0.05, 0) is 37.7 Å². The van der Waals surface area contributed by atoms with Gasteiger partial charge in [0.25, 0.3) is 0 Å². The van der Waals surface area contributed by atoms with Crippen LogP contribution in [0.15, 0.2) is 12.3 Å². The van der Waals surface area contributed by atoms with Crippen molar-refractivity contribution >= 4 is 11.8 Å². The molecule has 0 spiro atoms. The molecule has 4 heteroatoms. The van der Waals surface area contributed by atoms with Gasteiger partial charge in [-0.15, -0.1) is 0 Å². The van der Waals surface area contributed by atoms with Crippen LogP contribution in [0.4, 0.5) is 11.8 Å². The van der Waals surface area contributed by atoms with Crippen LogP contribution in [0.1, 0.15) is 39.0 Å². The lowest BCUT2D eigenvalue weighted by atomic mass is 9.85. The molecule has 0 aliphatic heterocycles. The van der Waals surface area contributed by atoms with E-state index >= 15 is 0 Å². The van der Waals surface area contributed by atoms with Crippen LogP contribution in [0.5, 0.6) is 0 Å². The summed E-state index contributed by atoms with van der Waals surface area (Å²) in [5, 5.41) is 3.36. The second-order valence-corrected chi connectivity index (χ2v) is 4.58. The third-order valence-electron chi connectivity index (χ3n) is 3.43. The van der Waals surface area contributed by atoms with E-state index in [4.69, 9.17) is 5.73 Å². The van der Waals surface area contributed by atoms with E-state index in [2.05, 4.69) is 22.2 Å². The molecule has 1 saturated carbocycles. The molecule has 1 aromatic heterocycles. The van der Waals surface area contributed by atoms with Crippen molar-refractivity contribution < 1.29 is 0 Å². The van der Waals surface area contributed by atoms with Crippen molar-refractivity contribution in [3.8, 4) is 0 Å². The first kappa shape index (κ1) is 11.2. The lowest BCUT2D eigenvalue weighted by Gasteiger charge is -2.28. The van der Waals surface area contributed by atoms with Crippen LogP contribution in [-0.4, -0.2) is 16.0 Å². The number of nitrogens with one attached hydrogen (secondary N) is 1. The second kappa shape index (κ2) is 5.14. The normalized spacial score (nSPS) is 25.3. The van der Waals surface area contributed by atoms with Crippen molar-refractivity contribution in [1.82, 2.24) is 9.97 Å². The van der Waals surface area contributed by atoms with Crippen molar-refractivity contribution in [2.45, 2.75) is 45.1 Å². The fourth-order valence-corrected chi connectivity index (χ4v) is 2.34. The number of nitrogen functional groups attached to an aromatic ring is 1. The average molecular weight is 220 g/mol. The molecule has 88 valence electrons. The molecule has 3 N–H and O–H groups in total.